The van der Waals surface area contributed by atoms with Crippen molar-refractivity contribution in [2.75, 3.05) is 19.7 Å². The highest BCUT2D eigenvalue weighted by molar-refractivity contribution is 7.12. The Bertz CT molecular complexity index is 403. The Morgan fingerprint density at radius 1 is 1.71 bits per heavy atom. The van der Waals surface area contributed by atoms with Gasteiger partial charge in [-0.15, -0.1) is 11.3 Å². The first kappa shape index (κ1) is 12.5. The number of amides is 1. The average molecular weight is 254 g/mol. The molecular formula is C12H18N2O2S. The molecule has 1 aromatic rings. The zero-order valence-electron chi connectivity index (χ0n) is 10.2. The molecule has 2 rings (SSSR count). The van der Waals surface area contributed by atoms with E-state index in [1.807, 2.05) is 30.2 Å². The first-order chi connectivity index (χ1) is 8.09. The summed E-state index contributed by atoms with van der Waals surface area (Å²) in [4.78, 5) is 15.0. The van der Waals surface area contributed by atoms with Gasteiger partial charge >= 0.3 is 0 Å². The maximum Gasteiger partial charge on any atom is 0.264 e. The van der Waals surface area contributed by atoms with Crippen LogP contribution in [0.1, 0.15) is 22.2 Å². The van der Waals surface area contributed by atoms with Gasteiger partial charge in [0, 0.05) is 19.1 Å². The van der Waals surface area contributed by atoms with Gasteiger partial charge in [-0.25, -0.2) is 0 Å². The normalized spacial score (nSPS) is 22.5. The molecule has 1 aromatic heterocycles. The lowest BCUT2D eigenvalue weighted by molar-refractivity contribution is -0.0298. The van der Waals surface area contributed by atoms with Crippen LogP contribution in [0, 0.1) is 6.92 Å². The number of carbonyl (C=O) groups is 1. The molecule has 1 fully saturated rings. The third-order valence-corrected chi connectivity index (χ3v) is 4.03. The van der Waals surface area contributed by atoms with E-state index >= 15 is 0 Å². The lowest BCUT2D eigenvalue weighted by Crippen LogP contribution is -2.51. The molecule has 1 saturated heterocycles. The minimum absolute atomic E-state index is 0.0463. The van der Waals surface area contributed by atoms with Gasteiger partial charge in [-0.05, 0) is 30.9 Å². The first-order valence-corrected chi connectivity index (χ1v) is 6.68. The number of carbonyl (C=O) groups excluding carboxylic acids is 1. The third-order valence-electron chi connectivity index (χ3n) is 3.02. The summed E-state index contributed by atoms with van der Waals surface area (Å²) in [6.45, 7) is 5.69. The molecule has 0 radical (unpaired) electrons. The number of rotatable bonds is 2. The minimum atomic E-state index is -0.0482. The van der Waals surface area contributed by atoms with E-state index in [0.717, 1.165) is 10.4 Å². The van der Waals surface area contributed by atoms with Crippen LogP contribution in [0.4, 0.5) is 0 Å². The molecule has 94 valence electrons. The zero-order chi connectivity index (χ0) is 12.4. The second-order valence-electron chi connectivity index (χ2n) is 4.45. The fourth-order valence-corrected chi connectivity index (χ4v) is 2.81. The molecule has 1 aliphatic rings. The van der Waals surface area contributed by atoms with E-state index in [1.54, 1.807) is 0 Å². The number of nitrogens with two attached hydrogens (primary N) is 1. The number of aryl methyl sites for hydroxylation is 1. The van der Waals surface area contributed by atoms with Crippen molar-refractivity contribution < 1.29 is 9.53 Å². The van der Waals surface area contributed by atoms with Crippen molar-refractivity contribution in [2.24, 2.45) is 5.73 Å². The number of hydrogen-bond donors (Lipinski definition) is 1. The standard InChI is InChI=1S/C12H18N2O2S/c1-8-3-6-17-11(8)12(15)14-4-5-16-10(7-14)9(2)13/h3,6,9-10H,4-5,7,13H2,1-2H3. The zero-order valence-corrected chi connectivity index (χ0v) is 11.0. The summed E-state index contributed by atoms with van der Waals surface area (Å²) in [7, 11) is 0. The molecule has 2 N–H and O–H groups in total. The Labute approximate surface area is 105 Å². The monoisotopic (exact) mass is 254 g/mol. The van der Waals surface area contributed by atoms with Gasteiger partial charge < -0.3 is 15.4 Å². The molecule has 0 aromatic carbocycles. The second kappa shape index (κ2) is 5.16. The Hall–Kier alpha value is -0.910. The summed E-state index contributed by atoms with van der Waals surface area (Å²) in [6.07, 6.45) is -0.0482. The van der Waals surface area contributed by atoms with Crippen LogP contribution < -0.4 is 5.73 Å². The molecule has 1 amide bonds. The Kier molecular flexibility index (Phi) is 3.81. The van der Waals surface area contributed by atoms with E-state index in [4.69, 9.17) is 10.5 Å². The van der Waals surface area contributed by atoms with Gasteiger partial charge in [-0.3, -0.25) is 4.79 Å². The van der Waals surface area contributed by atoms with Crippen LogP contribution in [0.5, 0.6) is 0 Å². The maximum absolute atomic E-state index is 12.3. The van der Waals surface area contributed by atoms with Crippen molar-refractivity contribution in [3.63, 3.8) is 0 Å². The van der Waals surface area contributed by atoms with Crippen LogP contribution in [0.15, 0.2) is 11.4 Å². The summed E-state index contributed by atoms with van der Waals surface area (Å²) in [5, 5.41) is 1.95. The molecule has 0 spiro atoms. The van der Waals surface area contributed by atoms with E-state index in [-0.39, 0.29) is 18.1 Å². The van der Waals surface area contributed by atoms with Gasteiger partial charge in [0.15, 0.2) is 0 Å². The second-order valence-corrected chi connectivity index (χ2v) is 5.37. The number of nitrogens with zero attached hydrogens (tertiary/aromatic N) is 1. The maximum atomic E-state index is 12.3. The fourth-order valence-electron chi connectivity index (χ4n) is 1.91. The van der Waals surface area contributed by atoms with Crippen molar-refractivity contribution in [2.45, 2.75) is 26.0 Å². The van der Waals surface area contributed by atoms with Crippen LogP contribution in [0.3, 0.4) is 0 Å². The van der Waals surface area contributed by atoms with Crippen LogP contribution in [0.25, 0.3) is 0 Å². The summed E-state index contributed by atoms with van der Waals surface area (Å²) < 4.78 is 5.55. The van der Waals surface area contributed by atoms with E-state index in [1.165, 1.54) is 11.3 Å². The number of morpholine rings is 1. The number of hydrogen-bond acceptors (Lipinski definition) is 4. The summed E-state index contributed by atoms with van der Waals surface area (Å²) in [6, 6.07) is 1.93. The summed E-state index contributed by atoms with van der Waals surface area (Å²) >= 11 is 1.50. The lowest BCUT2D eigenvalue weighted by Gasteiger charge is -2.34. The highest BCUT2D eigenvalue weighted by Crippen LogP contribution is 2.19. The van der Waals surface area contributed by atoms with Crippen LogP contribution in [-0.2, 0) is 4.74 Å². The topological polar surface area (TPSA) is 55.6 Å². The molecular weight excluding hydrogens is 236 g/mol. The molecule has 17 heavy (non-hydrogen) atoms. The highest BCUT2D eigenvalue weighted by atomic mass is 32.1. The third kappa shape index (κ3) is 2.68. The van der Waals surface area contributed by atoms with Gasteiger partial charge in [-0.1, -0.05) is 0 Å². The van der Waals surface area contributed by atoms with E-state index in [0.29, 0.717) is 19.7 Å². The lowest BCUT2D eigenvalue weighted by atomic mass is 10.1. The van der Waals surface area contributed by atoms with Crippen LogP contribution >= 0.6 is 11.3 Å². The van der Waals surface area contributed by atoms with Crippen molar-refractivity contribution in [1.82, 2.24) is 4.90 Å². The van der Waals surface area contributed by atoms with Crippen molar-refractivity contribution in [1.29, 1.82) is 0 Å². The molecule has 2 unspecified atom stereocenters. The number of ether oxygens (including phenoxy) is 1. The predicted molar refractivity (Wildman–Crippen MR) is 68.3 cm³/mol. The van der Waals surface area contributed by atoms with Gasteiger partial charge in [-0.2, -0.15) is 0 Å². The van der Waals surface area contributed by atoms with Crippen LogP contribution in [0.2, 0.25) is 0 Å². The Morgan fingerprint density at radius 3 is 3.06 bits per heavy atom. The van der Waals surface area contributed by atoms with Crippen molar-refractivity contribution in [3.8, 4) is 0 Å². The molecule has 5 heteroatoms. The van der Waals surface area contributed by atoms with Gasteiger partial charge in [0.2, 0.25) is 0 Å². The SMILES string of the molecule is Cc1ccsc1C(=O)N1CCOC(C(C)N)C1. The van der Waals surface area contributed by atoms with E-state index in [9.17, 15) is 4.79 Å². The van der Waals surface area contributed by atoms with E-state index < -0.39 is 0 Å². The average Bonchev–Trinajstić information content (AvgIpc) is 2.74. The van der Waals surface area contributed by atoms with Gasteiger partial charge in [0.1, 0.15) is 0 Å². The van der Waals surface area contributed by atoms with Crippen molar-refractivity contribution >= 4 is 17.2 Å². The Morgan fingerprint density at radius 2 is 2.47 bits per heavy atom. The number of thiophene rings is 1. The molecule has 2 heterocycles. The minimum Gasteiger partial charge on any atom is -0.373 e. The highest BCUT2D eigenvalue weighted by Gasteiger charge is 2.28. The first-order valence-electron chi connectivity index (χ1n) is 5.80. The molecule has 2 atom stereocenters. The van der Waals surface area contributed by atoms with Gasteiger partial charge in [0.25, 0.3) is 5.91 Å². The Balaban J connectivity index is 2.07. The van der Waals surface area contributed by atoms with Crippen molar-refractivity contribution in [3.05, 3.63) is 21.9 Å². The molecule has 4 nitrogen and oxygen atoms in total. The smallest absolute Gasteiger partial charge is 0.264 e. The fraction of sp³-hybridized carbons (Fsp3) is 0.583. The predicted octanol–water partition coefficient (Wildman–Crippen LogP) is 1.24. The largest absolute Gasteiger partial charge is 0.373 e. The summed E-state index contributed by atoms with van der Waals surface area (Å²) in [5.41, 5.74) is 6.86. The van der Waals surface area contributed by atoms with Crippen LogP contribution in [-0.4, -0.2) is 42.6 Å². The van der Waals surface area contributed by atoms with Gasteiger partial charge in [0.05, 0.1) is 17.6 Å². The molecule has 0 bridgehead atoms. The molecule has 1 aliphatic heterocycles. The van der Waals surface area contributed by atoms with E-state index in [2.05, 4.69) is 0 Å². The summed E-state index contributed by atoms with van der Waals surface area (Å²) in [5.74, 6) is 0.103. The quantitative estimate of drug-likeness (QED) is 0.864. The molecule has 0 saturated carbocycles. The molecule has 0 aliphatic carbocycles.